The van der Waals surface area contributed by atoms with Gasteiger partial charge in [0.15, 0.2) is 0 Å². The van der Waals surface area contributed by atoms with Gasteiger partial charge in [0.25, 0.3) is 0 Å². The van der Waals surface area contributed by atoms with Crippen molar-refractivity contribution in [1.29, 1.82) is 0 Å². The second kappa shape index (κ2) is 19.7. The molecule has 1 N–H and O–H groups in total. The first-order valence-corrected chi connectivity index (χ1v) is 16.0. The highest BCUT2D eigenvalue weighted by molar-refractivity contribution is 5.69. The van der Waals surface area contributed by atoms with Crippen molar-refractivity contribution >= 4 is 5.97 Å². The molecule has 0 saturated heterocycles. The molecule has 38 heavy (non-hydrogen) atoms. The molecule has 0 fully saturated rings. The summed E-state index contributed by atoms with van der Waals surface area (Å²) in [7, 11) is 0. The molecule has 1 rings (SSSR count). The van der Waals surface area contributed by atoms with Crippen LogP contribution in [0.2, 0.25) is 0 Å². The van der Waals surface area contributed by atoms with Gasteiger partial charge >= 0.3 is 5.97 Å². The molecule has 0 heterocycles. The number of unbranched alkanes of at least 4 members (excludes halogenated alkanes) is 15. The summed E-state index contributed by atoms with van der Waals surface area (Å²) in [6.07, 6.45) is 22.7. The molecule has 220 valence electrons. The van der Waals surface area contributed by atoms with Crippen LogP contribution in [0.3, 0.4) is 0 Å². The summed E-state index contributed by atoms with van der Waals surface area (Å²) in [6.45, 7) is 13.7. The summed E-state index contributed by atoms with van der Waals surface area (Å²) in [6, 6.07) is 6.45. The Balaban J connectivity index is 2.11. The number of aryl methyl sites for hydroxylation is 1. The molecule has 1 aromatic rings. The molecule has 0 unspecified atom stereocenters. The third-order valence-electron chi connectivity index (χ3n) is 7.95. The highest BCUT2D eigenvalue weighted by Crippen LogP contribution is 2.32. The number of aliphatic hydroxyl groups excluding tert-OH is 1. The molecular weight excluding hydrogens is 468 g/mol. The predicted octanol–water partition coefficient (Wildman–Crippen LogP) is 9.99. The van der Waals surface area contributed by atoms with Crippen LogP contribution in [0.4, 0.5) is 0 Å². The first-order valence-electron chi connectivity index (χ1n) is 16.0. The van der Waals surface area contributed by atoms with Gasteiger partial charge in [-0.15, -0.1) is 0 Å². The number of carbonyl (C=O) groups excluding carboxylic acids is 1. The van der Waals surface area contributed by atoms with E-state index in [-0.39, 0.29) is 23.4 Å². The minimum Gasteiger partial charge on any atom is -0.466 e. The Bertz CT molecular complexity index is 744. The van der Waals surface area contributed by atoms with Gasteiger partial charge in [-0.3, -0.25) is 4.79 Å². The van der Waals surface area contributed by atoms with Crippen LogP contribution in [0.15, 0.2) is 18.2 Å². The molecule has 0 spiro atoms. The maximum absolute atomic E-state index is 12.4. The number of benzene rings is 1. The molecule has 0 aliphatic rings. The van der Waals surface area contributed by atoms with Crippen molar-refractivity contribution in [3.05, 3.63) is 34.9 Å². The normalized spacial score (nSPS) is 12.2. The van der Waals surface area contributed by atoms with Gasteiger partial charge in [-0.25, -0.2) is 0 Å². The minimum atomic E-state index is -0.273. The number of ether oxygens (including phenoxy) is 1. The van der Waals surface area contributed by atoms with Crippen molar-refractivity contribution in [2.75, 3.05) is 13.2 Å². The van der Waals surface area contributed by atoms with E-state index < -0.39 is 0 Å². The Morgan fingerprint density at radius 3 is 1.66 bits per heavy atom. The molecule has 0 atom stereocenters. The molecule has 3 heteroatoms. The lowest BCUT2D eigenvalue weighted by molar-refractivity contribution is -0.143. The fraction of sp³-hybridized carbons (Fsp3) is 0.800. The smallest absolute Gasteiger partial charge is 0.306 e. The summed E-state index contributed by atoms with van der Waals surface area (Å²) in [5.74, 6) is -0.0921. The topological polar surface area (TPSA) is 46.5 Å². The van der Waals surface area contributed by atoms with Gasteiger partial charge in [-0.05, 0) is 34.9 Å². The SMILES string of the molecule is CCCCCCCCCCCCCCCCCCOC(=O)CCc1ccc(C(C)(C)CO)cc1C(C)(C)C. The lowest BCUT2D eigenvalue weighted by Crippen LogP contribution is -2.24. The van der Waals surface area contributed by atoms with Crippen LogP contribution in [0.5, 0.6) is 0 Å². The molecule has 0 saturated carbocycles. The van der Waals surface area contributed by atoms with Crippen molar-refractivity contribution < 1.29 is 14.6 Å². The first-order chi connectivity index (χ1) is 18.1. The lowest BCUT2D eigenvalue weighted by atomic mass is 9.77. The molecule has 0 aliphatic heterocycles. The van der Waals surface area contributed by atoms with E-state index in [1.807, 2.05) is 0 Å². The fourth-order valence-corrected chi connectivity index (χ4v) is 5.15. The Kier molecular flexibility index (Phi) is 17.9. The zero-order valence-corrected chi connectivity index (χ0v) is 26.1. The number of carbonyl (C=O) groups is 1. The first kappa shape index (κ1) is 34.7. The largest absolute Gasteiger partial charge is 0.466 e. The Hall–Kier alpha value is -1.35. The van der Waals surface area contributed by atoms with Crippen molar-refractivity contribution in [3.63, 3.8) is 0 Å². The molecular formula is C35H62O3. The quantitative estimate of drug-likeness (QED) is 0.120. The number of esters is 1. The fourth-order valence-electron chi connectivity index (χ4n) is 5.15. The van der Waals surface area contributed by atoms with E-state index in [4.69, 9.17) is 4.74 Å². The third kappa shape index (κ3) is 15.3. The predicted molar refractivity (Wildman–Crippen MR) is 164 cm³/mol. The Morgan fingerprint density at radius 1 is 0.737 bits per heavy atom. The maximum Gasteiger partial charge on any atom is 0.306 e. The molecule has 0 amide bonds. The number of hydrogen-bond donors (Lipinski definition) is 1. The van der Waals surface area contributed by atoms with Crippen molar-refractivity contribution in [2.45, 2.75) is 168 Å². The van der Waals surface area contributed by atoms with Gasteiger partial charge in [-0.1, -0.05) is 156 Å². The summed E-state index contributed by atoms with van der Waals surface area (Å²) < 4.78 is 5.53. The Morgan fingerprint density at radius 2 is 1.21 bits per heavy atom. The molecule has 1 aromatic carbocycles. The van der Waals surface area contributed by atoms with Gasteiger partial charge < -0.3 is 9.84 Å². The standard InChI is InChI=1S/C35H62O3/c1-7-8-9-10-11-12-13-14-15-16-17-18-19-20-21-22-27-38-33(37)26-24-30-23-25-31(35(5,6)29-36)28-32(30)34(2,3)4/h23,25,28,36H,7-22,24,26-27,29H2,1-6H3. The van der Waals surface area contributed by atoms with Crippen LogP contribution in [0.25, 0.3) is 0 Å². The van der Waals surface area contributed by atoms with Gasteiger partial charge in [0.2, 0.25) is 0 Å². The zero-order valence-electron chi connectivity index (χ0n) is 26.1. The molecule has 0 radical (unpaired) electrons. The Labute approximate surface area is 236 Å². The second-order valence-corrected chi connectivity index (χ2v) is 13.2. The second-order valence-electron chi connectivity index (χ2n) is 13.2. The van der Waals surface area contributed by atoms with E-state index >= 15 is 0 Å². The van der Waals surface area contributed by atoms with Gasteiger partial charge in [-0.2, -0.15) is 0 Å². The van der Waals surface area contributed by atoms with Gasteiger partial charge in [0, 0.05) is 11.8 Å². The van der Waals surface area contributed by atoms with Crippen LogP contribution in [-0.4, -0.2) is 24.3 Å². The summed E-state index contributed by atoms with van der Waals surface area (Å²) in [5.41, 5.74) is 3.30. The van der Waals surface area contributed by atoms with E-state index in [9.17, 15) is 9.90 Å². The highest BCUT2D eigenvalue weighted by Gasteiger charge is 2.24. The number of hydrogen-bond acceptors (Lipinski definition) is 3. The van der Waals surface area contributed by atoms with E-state index in [1.54, 1.807) is 0 Å². The summed E-state index contributed by atoms with van der Waals surface area (Å²) >= 11 is 0. The molecule has 3 nitrogen and oxygen atoms in total. The van der Waals surface area contributed by atoms with Crippen molar-refractivity contribution in [1.82, 2.24) is 0 Å². The van der Waals surface area contributed by atoms with Crippen LogP contribution in [0.1, 0.15) is 167 Å². The third-order valence-corrected chi connectivity index (χ3v) is 7.95. The maximum atomic E-state index is 12.4. The van der Waals surface area contributed by atoms with Crippen LogP contribution in [-0.2, 0) is 26.8 Å². The average Bonchev–Trinajstić information content (AvgIpc) is 2.88. The average molecular weight is 531 g/mol. The number of rotatable bonds is 22. The molecule has 0 aromatic heterocycles. The van der Waals surface area contributed by atoms with E-state index in [0.29, 0.717) is 19.4 Å². The minimum absolute atomic E-state index is 0.0195. The van der Waals surface area contributed by atoms with Crippen LogP contribution in [0, 0.1) is 0 Å². The van der Waals surface area contributed by atoms with E-state index in [0.717, 1.165) is 18.4 Å². The zero-order chi connectivity index (χ0) is 28.3. The summed E-state index contributed by atoms with van der Waals surface area (Å²) in [4.78, 5) is 12.4. The van der Waals surface area contributed by atoms with Crippen molar-refractivity contribution in [3.8, 4) is 0 Å². The van der Waals surface area contributed by atoms with E-state index in [2.05, 4.69) is 59.7 Å². The van der Waals surface area contributed by atoms with Gasteiger partial charge in [0.05, 0.1) is 13.2 Å². The molecule has 0 bridgehead atoms. The van der Waals surface area contributed by atoms with Crippen molar-refractivity contribution in [2.24, 2.45) is 0 Å². The van der Waals surface area contributed by atoms with Crippen LogP contribution < -0.4 is 0 Å². The lowest BCUT2D eigenvalue weighted by Gasteiger charge is -2.28. The monoisotopic (exact) mass is 530 g/mol. The van der Waals surface area contributed by atoms with E-state index in [1.165, 1.54) is 101 Å². The number of aliphatic hydroxyl groups is 1. The summed E-state index contributed by atoms with van der Waals surface area (Å²) in [5, 5.41) is 9.77. The van der Waals surface area contributed by atoms with Gasteiger partial charge in [0.1, 0.15) is 0 Å². The van der Waals surface area contributed by atoms with Crippen LogP contribution >= 0.6 is 0 Å². The molecule has 0 aliphatic carbocycles. The highest BCUT2D eigenvalue weighted by atomic mass is 16.5.